The van der Waals surface area contributed by atoms with E-state index >= 15 is 0 Å². The largest absolute Gasteiger partial charge is 0.497 e. The number of methoxy groups -OCH3 is 2. The third-order valence-electron chi connectivity index (χ3n) is 3.18. The standard InChI is InChI=1S/C14H19N3O2/c1-8(7-18-2)14-13(16)12(15)10-6-9(19-3)4-5-11(10)17-14/h4-6,8H,7,16H2,1-3H3,(H2,15,17). The van der Waals surface area contributed by atoms with Crippen LogP contribution in [-0.4, -0.2) is 25.8 Å². The average molecular weight is 261 g/mol. The molecule has 0 aliphatic carbocycles. The Hall–Kier alpha value is -2.01. The van der Waals surface area contributed by atoms with Crippen molar-refractivity contribution in [3.63, 3.8) is 0 Å². The van der Waals surface area contributed by atoms with Crippen LogP contribution in [0.15, 0.2) is 18.2 Å². The molecule has 0 saturated heterocycles. The van der Waals surface area contributed by atoms with Crippen LogP contribution in [0, 0.1) is 0 Å². The fourth-order valence-corrected chi connectivity index (χ4v) is 2.13. The molecule has 1 unspecified atom stereocenters. The van der Waals surface area contributed by atoms with Crippen LogP contribution in [0.2, 0.25) is 0 Å². The highest BCUT2D eigenvalue weighted by molar-refractivity contribution is 5.97. The van der Waals surface area contributed by atoms with Gasteiger partial charge in [0.15, 0.2) is 0 Å². The summed E-state index contributed by atoms with van der Waals surface area (Å²) in [5.74, 6) is 0.830. The molecule has 0 spiro atoms. The monoisotopic (exact) mass is 261 g/mol. The summed E-state index contributed by atoms with van der Waals surface area (Å²) in [5, 5.41) is 0.810. The maximum Gasteiger partial charge on any atom is 0.119 e. The highest BCUT2D eigenvalue weighted by Crippen LogP contribution is 2.33. The minimum absolute atomic E-state index is 0.0961. The summed E-state index contributed by atoms with van der Waals surface area (Å²) in [5.41, 5.74) is 14.9. The van der Waals surface area contributed by atoms with Crippen molar-refractivity contribution >= 4 is 22.3 Å². The first-order valence-electron chi connectivity index (χ1n) is 6.10. The van der Waals surface area contributed by atoms with E-state index in [1.165, 1.54) is 0 Å². The predicted molar refractivity (Wildman–Crippen MR) is 77.4 cm³/mol. The van der Waals surface area contributed by atoms with Gasteiger partial charge in [0.1, 0.15) is 5.75 Å². The van der Waals surface area contributed by atoms with Crippen molar-refractivity contribution in [2.24, 2.45) is 0 Å². The molecule has 0 aliphatic rings. The lowest BCUT2D eigenvalue weighted by Crippen LogP contribution is -2.10. The van der Waals surface area contributed by atoms with Gasteiger partial charge >= 0.3 is 0 Å². The van der Waals surface area contributed by atoms with Gasteiger partial charge in [-0.3, -0.25) is 4.98 Å². The van der Waals surface area contributed by atoms with Crippen LogP contribution in [0.4, 0.5) is 11.4 Å². The fraction of sp³-hybridized carbons (Fsp3) is 0.357. The van der Waals surface area contributed by atoms with Crippen LogP contribution in [0.5, 0.6) is 5.75 Å². The van der Waals surface area contributed by atoms with Crippen LogP contribution in [0.3, 0.4) is 0 Å². The number of nitrogens with zero attached hydrogens (tertiary/aromatic N) is 1. The molecular formula is C14H19N3O2. The number of hydrogen-bond donors (Lipinski definition) is 2. The Labute approximate surface area is 112 Å². The van der Waals surface area contributed by atoms with Crippen LogP contribution in [0.25, 0.3) is 10.9 Å². The number of ether oxygens (including phenoxy) is 2. The SMILES string of the molecule is COCC(C)c1nc2ccc(OC)cc2c(N)c1N. The Morgan fingerprint density at radius 3 is 2.58 bits per heavy atom. The number of nitrogens with two attached hydrogens (primary N) is 2. The molecule has 0 bridgehead atoms. The molecule has 1 heterocycles. The molecule has 0 fully saturated rings. The molecule has 0 aliphatic heterocycles. The van der Waals surface area contributed by atoms with Crippen molar-refractivity contribution in [1.82, 2.24) is 4.98 Å². The van der Waals surface area contributed by atoms with Crippen LogP contribution < -0.4 is 16.2 Å². The van der Waals surface area contributed by atoms with Crippen molar-refractivity contribution in [3.05, 3.63) is 23.9 Å². The van der Waals surface area contributed by atoms with Crippen LogP contribution in [0.1, 0.15) is 18.5 Å². The first-order chi connectivity index (χ1) is 9.08. The summed E-state index contributed by atoms with van der Waals surface area (Å²) in [7, 11) is 3.27. The highest BCUT2D eigenvalue weighted by atomic mass is 16.5. The van der Waals surface area contributed by atoms with E-state index in [-0.39, 0.29) is 5.92 Å². The van der Waals surface area contributed by atoms with Crippen molar-refractivity contribution < 1.29 is 9.47 Å². The van der Waals surface area contributed by atoms with E-state index in [1.54, 1.807) is 14.2 Å². The molecule has 1 aromatic heterocycles. The van der Waals surface area contributed by atoms with E-state index in [4.69, 9.17) is 20.9 Å². The Morgan fingerprint density at radius 1 is 1.21 bits per heavy atom. The first kappa shape index (κ1) is 13.4. The Bertz CT molecular complexity index is 599. The summed E-state index contributed by atoms with van der Waals surface area (Å²) in [6, 6.07) is 5.58. The number of hydrogen-bond acceptors (Lipinski definition) is 5. The second-order valence-electron chi connectivity index (χ2n) is 4.56. The number of pyridine rings is 1. The number of rotatable bonds is 4. The average Bonchev–Trinajstić information content (AvgIpc) is 2.42. The van der Waals surface area contributed by atoms with E-state index in [1.807, 2.05) is 25.1 Å². The molecule has 0 radical (unpaired) electrons. The third kappa shape index (κ3) is 2.42. The minimum atomic E-state index is 0.0961. The van der Waals surface area contributed by atoms with Gasteiger partial charge in [-0.15, -0.1) is 0 Å². The maximum absolute atomic E-state index is 6.12. The van der Waals surface area contributed by atoms with E-state index in [0.717, 1.165) is 22.3 Å². The Kier molecular flexibility index (Phi) is 3.76. The molecule has 2 rings (SSSR count). The van der Waals surface area contributed by atoms with Gasteiger partial charge in [0.2, 0.25) is 0 Å². The van der Waals surface area contributed by atoms with Gasteiger partial charge in [-0.25, -0.2) is 0 Å². The quantitative estimate of drug-likeness (QED) is 0.881. The third-order valence-corrected chi connectivity index (χ3v) is 3.18. The van der Waals surface area contributed by atoms with Crippen molar-refractivity contribution in [3.8, 4) is 5.75 Å². The molecule has 5 heteroatoms. The topological polar surface area (TPSA) is 83.4 Å². The Balaban J connectivity index is 2.61. The molecular weight excluding hydrogens is 242 g/mol. The van der Waals surface area contributed by atoms with Gasteiger partial charge in [0, 0.05) is 18.4 Å². The van der Waals surface area contributed by atoms with Crippen molar-refractivity contribution in [1.29, 1.82) is 0 Å². The minimum Gasteiger partial charge on any atom is -0.497 e. The lowest BCUT2D eigenvalue weighted by atomic mass is 10.0. The zero-order chi connectivity index (χ0) is 14.0. The highest BCUT2D eigenvalue weighted by Gasteiger charge is 2.16. The van der Waals surface area contributed by atoms with Crippen molar-refractivity contribution in [2.45, 2.75) is 12.8 Å². The zero-order valence-electron chi connectivity index (χ0n) is 11.4. The summed E-state index contributed by atoms with van der Waals surface area (Å²) >= 11 is 0. The van der Waals surface area contributed by atoms with Gasteiger partial charge < -0.3 is 20.9 Å². The molecule has 102 valence electrons. The molecule has 1 atom stereocenters. The van der Waals surface area contributed by atoms with E-state index < -0.39 is 0 Å². The van der Waals surface area contributed by atoms with Gasteiger partial charge in [-0.05, 0) is 18.2 Å². The number of nitrogen functional groups attached to an aromatic ring is 2. The lowest BCUT2D eigenvalue weighted by molar-refractivity contribution is 0.183. The number of aromatic nitrogens is 1. The van der Waals surface area contributed by atoms with E-state index in [2.05, 4.69) is 4.98 Å². The number of fused-ring (bicyclic) bond motifs is 1. The van der Waals surface area contributed by atoms with Gasteiger partial charge in [0.05, 0.1) is 36.3 Å². The zero-order valence-corrected chi connectivity index (χ0v) is 11.4. The van der Waals surface area contributed by atoms with Crippen molar-refractivity contribution in [2.75, 3.05) is 32.3 Å². The number of anilines is 2. The number of benzene rings is 1. The second-order valence-corrected chi connectivity index (χ2v) is 4.56. The van der Waals surface area contributed by atoms with Crippen LogP contribution >= 0.6 is 0 Å². The Morgan fingerprint density at radius 2 is 1.95 bits per heavy atom. The summed E-state index contributed by atoms with van der Waals surface area (Å²) in [4.78, 5) is 4.59. The molecule has 5 nitrogen and oxygen atoms in total. The summed E-state index contributed by atoms with van der Waals surface area (Å²) in [6.45, 7) is 2.56. The predicted octanol–water partition coefficient (Wildman–Crippen LogP) is 2.16. The summed E-state index contributed by atoms with van der Waals surface area (Å²) < 4.78 is 10.3. The molecule has 0 amide bonds. The van der Waals surface area contributed by atoms with E-state index in [0.29, 0.717) is 18.0 Å². The normalized spacial score (nSPS) is 12.6. The second kappa shape index (κ2) is 5.32. The smallest absolute Gasteiger partial charge is 0.119 e. The molecule has 19 heavy (non-hydrogen) atoms. The van der Waals surface area contributed by atoms with Gasteiger partial charge in [-0.1, -0.05) is 6.92 Å². The van der Waals surface area contributed by atoms with Gasteiger partial charge in [-0.2, -0.15) is 0 Å². The summed E-state index contributed by atoms with van der Waals surface area (Å²) in [6.07, 6.45) is 0. The van der Waals surface area contributed by atoms with Gasteiger partial charge in [0.25, 0.3) is 0 Å². The molecule has 2 aromatic rings. The van der Waals surface area contributed by atoms with Crippen LogP contribution in [-0.2, 0) is 4.74 Å². The fourth-order valence-electron chi connectivity index (χ4n) is 2.13. The first-order valence-corrected chi connectivity index (χ1v) is 6.10. The molecule has 0 saturated carbocycles. The maximum atomic E-state index is 6.12. The molecule has 1 aromatic carbocycles. The van der Waals surface area contributed by atoms with E-state index in [9.17, 15) is 0 Å². The lowest BCUT2D eigenvalue weighted by Gasteiger charge is -2.16. The molecule has 4 N–H and O–H groups in total.